The van der Waals surface area contributed by atoms with E-state index in [9.17, 15) is 5.11 Å². The molecule has 3 unspecified atom stereocenters. The minimum absolute atomic E-state index is 0.0858. The first kappa shape index (κ1) is 13.6. The van der Waals surface area contributed by atoms with E-state index in [0.717, 1.165) is 6.42 Å². The molecule has 1 aliphatic heterocycles. The number of fused-ring (bicyclic) bond motifs is 1. The molecule has 19 heavy (non-hydrogen) atoms. The Morgan fingerprint density at radius 2 is 1.89 bits per heavy atom. The van der Waals surface area contributed by atoms with Gasteiger partial charge in [-0.3, -0.25) is 0 Å². The summed E-state index contributed by atoms with van der Waals surface area (Å²) in [6.45, 7) is 3.86. The summed E-state index contributed by atoms with van der Waals surface area (Å²) in [5.41, 5.74) is -0.741. The second kappa shape index (κ2) is 4.87. The zero-order valence-corrected chi connectivity index (χ0v) is 12.1. The Balaban J connectivity index is 1.73. The van der Waals surface area contributed by atoms with Crippen LogP contribution in [-0.4, -0.2) is 28.7 Å². The van der Waals surface area contributed by atoms with Crippen molar-refractivity contribution in [2.45, 2.75) is 82.4 Å². The van der Waals surface area contributed by atoms with Crippen LogP contribution in [0.3, 0.4) is 0 Å². The van der Waals surface area contributed by atoms with Gasteiger partial charge in [-0.2, -0.15) is 0 Å². The molecule has 3 rings (SSSR count). The molecule has 2 aliphatic carbocycles. The van der Waals surface area contributed by atoms with E-state index >= 15 is 0 Å². The minimum atomic E-state index is -0.741. The number of aliphatic hydroxyl groups is 1. The lowest BCUT2D eigenvalue weighted by molar-refractivity contribution is -0.173. The first-order chi connectivity index (χ1) is 8.99. The van der Waals surface area contributed by atoms with Gasteiger partial charge in [-0.05, 0) is 32.6 Å². The van der Waals surface area contributed by atoms with Crippen molar-refractivity contribution >= 4 is 0 Å². The van der Waals surface area contributed by atoms with E-state index in [0.29, 0.717) is 12.3 Å². The zero-order chi connectivity index (χ0) is 13.5. The largest absolute Gasteiger partial charge is 0.387 e. The van der Waals surface area contributed by atoms with Crippen molar-refractivity contribution in [2.75, 3.05) is 0 Å². The van der Waals surface area contributed by atoms with Crippen molar-refractivity contribution in [3.8, 4) is 0 Å². The first-order valence-electron chi connectivity index (χ1n) is 7.73. The molecule has 108 valence electrons. The summed E-state index contributed by atoms with van der Waals surface area (Å²) in [7, 11) is 0. The third kappa shape index (κ3) is 2.74. The van der Waals surface area contributed by atoms with Crippen molar-refractivity contribution in [2.24, 2.45) is 5.92 Å². The van der Waals surface area contributed by atoms with Gasteiger partial charge in [0, 0.05) is 0 Å². The van der Waals surface area contributed by atoms with Crippen molar-refractivity contribution in [3.05, 3.63) is 12.2 Å². The summed E-state index contributed by atoms with van der Waals surface area (Å²) >= 11 is 0. The standard InChI is InChI=1S/C16H26O3/c1-15(2)18-13-9-6-10-16(17,14(13)19-15)11-12-7-4-3-5-8-12/h6,9,12-14,17H,3-5,7-8,10-11H2,1-2H3. The second-order valence-corrected chi connectivity index (χ2v) is 6.96. The van der Waals surface area contributed by atoms with E-state index in [1.54, 1.807) is 0 Å². The van der Waals surface area contributed by atoms with Crippen molar-refractivity contribution in [1.29, 1.82) is 0 Å². The summed E-state index contributed by atoms with van der Waals surface area (Å²) in [5.74, 6) is 0.0723. The van der Waals surface area contributed by atoms with Gasteiger partial charge in [-0.15, -0.1) is 0 Å². The predicted octanol–water partition coefficient (Wildman–Crippen LogP) is 3.17. The van der Waals surface area contributed by atoms with Crippen LogP contribution in [0, 0.1) is 5.92 Å². The average molecular weight is 266 g/mol. The van der Waals surface area contributed by atoms with Gasteiger partial charge in [0.05, 0.1) is 5.60 Å². The highest BCUT2D eigenvalue weighted by Crippen LogP contribution is 2.43. The van der Waals surface area contributed by atoms with E-state index < -0.39 is 11.4 Å². The highest BCUT2D eigenvalue weighted by atomic mass is 16.8. The maximum absolute atomic E-state index is 11.1. The fraction of sp³-hybridized carbons (Fsp3) is 0.875. The van der Waals surface area contributed by atoms with Gasteiger partial charge < -0.3 is 14.6 Å². The fourth-order valence-electron chi connectivity index (χ4n) is 3.96. The Morgan fingerprint density at radius 1 is 1.16 bits per heavy atom. The molecule has 1 saturated carbocycles. The summed E-state index contributed by atoms with van der Waals surface area (Å²) in [5, 5.41) is 11.1. The van der Waals surface area contributed by atoms with Crippen LogP contribution in [-0.2, 0) is 9.47 Å². The topological polar surface area (TPSA) is 38.7 Å². The van der Waals surface area contributed by atoms with Crippen molar-refractivity contribution in [3.63, 3.8) is 0 Å². The van der Waals surface area contributed by atoms with Gasteiger partial charge in [0.1, 0.15) is 12.2 Å². The number of rotatable bonds is 2. The molecule has 3 atom stereocenters. The predicted molar refractivity (Wildman–Crippen MR) is 73.7 cm³/mol. The summed E-state index contributed by atoms with van der Waals surface area (Å²) in [4.78, 5) is 0. The Bertz CT molecular complexity index is 357. The monoisotopic (exact) mass is 266 g/mol. The number of hydrogen-bond acceptors (Lipinski definition) is 3. The van der Waals surface area contributed by atoms with Gasteiger partial charge >= 0.3 is 0 Å². The quantitative estimate of drug-likeness (QED) is 0.780. The normalized spacial score (nSPS) is 42.3. The number of ether oxygens (including phenoxy) is 2. The first-order valence-corrected chi connectivity index (χ1v) is 7.73. The molecule has 1 saturated heterocycles. The molecule has 1 N–H and O–H groups in total. The molecule has 0 aromatic carbocycles. The molecule has 2 fully saturated rings. The Morgan fingerprint density at radius 3 is 2.63 bits per heavy atom. The average Bonchev–Trinajstić information content (AvgIpc) is 2.67. The zero-order valence-electron chi connectivity index (χ0n) is 12.1. The van der Waals surface area contributed by atoms with Gasteiger partial charge in [0.25, 0.3) is 0 Å². The Labute approximate surface area is 116 Å². The number of hydrogen-bond donors (Lipinski definition) is 1. The highest BCUT2D eigenvalue weighted by Gasteiger charge is 2.52. The van der Waals surface area contributed by atoms with Gasteiger partial charge in [0.15, 0.2) is 5.79 Å². The maximum Gasteiger partial charge on any atom is 0.164 e. The van der Waals surface area contributed by atoms with Crippen LogP contribution >= 0.6 is 0 Å². The van der Waals surface area contributed by atoms with Gasteiger partial charge in [0.2, 0.25) is 0 Å². The van der Waals surface area contributed by atoms with Crippen LogP contribution in [0.4, 0.5) is 0 Å². The van der Waals surface area contributed by atoms with Crippen molar-refractivity contribution < 1.29 is 14.6 Å². The van der Waals surface area contributed by atoms with E-state index in [4.69, 9.17) is 9.47 Å². The third-order valence-electron chi connectivity index (χ3n) is 4.82. The molecule has 0 radical (unpaired) electrons. The molecular formula is C16H26O3. The van der Waals surface area contributed by atoms with Crippen LogP contribution in [0.2, 0.25) is 0 Å². The highest BCUT2D eigenvalue weighted by molar-refractivity contribution is 5.13. The lowest BCUT2D eigenvalue weighted by atomic mass is 9.74. The SMILES string of the molecule is CC1(C)OC2C=CCC(O)(CC3CCCCC3)C2O1. The van der Waals surface area contributed by atoms with Crippen LogP contribution in [0.5, 0.6) is 0 Å². The molecule has 3 heteroatoms. The van der Waals surface area contributed by atoms with Gasteiger partial charge in [-0.25, -0.2) is 0 Å². The molecule has 3 nitrogen and oxygen atoms in total. The summed E-state index contributed by atoms with van der Waals surface area (Å²) in [6.07, 6.45) is 11.9. The Kier molecular flexibility index (Phi) is 3.48. The van der Waals surface area contributed by atoms with Crippen LogP contribution in [0.25, 0.3) is 0 Å². The van der Waals surface area contributed by atoms with E-state index in [1.165, 1.54) is 32.1 Å². The molecule has 0 amide bonds. The molecule has 0 aromatic heterocycles. The molecular weight excluding hydrogens is 240 g/mol. The fourth-order valence-corrected chi connectivity index (χ4v) is 3.96. The molecule has 0 spiro atoms. The van der Waals surface area contributed by atoms with Crippen LogP contribution < -0.4 is 0 Å². The summed E-state index contributed by atoms with van der Waals surface area (Å²) < 4.78 is 11.9. The maximum atomic E-state index is 11.1. The lowest BCUT2D eigenvalue weighted by Gasteiger charge is -2.40. The van der Waals surface area contributed by atoms with Crippen LogP contribution in [0.1, 0.15) is 58.8 Å². The molecule has 3 aliphatic rings. The molecule has 0 aromatic rings. The van der Waals surface area contributed by atoms with E-state index in [-0.39, 0.29) is 12.2 Å². The molecule has 0 bridgehead atoms. The lowest BCUT2D eigenvalue weighted by Crippen LogP contribution is -2.50. The van der Waals surface area contributed by atoms with Crippen LogP contribution in [0.15, 0.2) is 12.2 Å². The second-order valence-electron chi connectivity index (χ2n) is 6.96. The van der Waals surface area contributed by atoms with E-state index in [1.807, 2.05) is 13.8 Å². The minimum Gasteiger partial charge on any atom is -0.387 e. The summed E-state index contributed by atoms with van der Waals surface area (Å²) in [6, 6.07) is 0. The van der Waals surface area contributed by atoms with Gasteiger partial charge in [-0.1, -0.05) is 44.3 Å². The van der Waals surface area contributed by atoms with Crippen molar-refractivity contribution in [1.82, 2.24) is 0 Å². The Hall–Kier alpha value is -0.380. The smallest absolute Gasteiger partial charge is 0.164 e. The van der Waals surface area contributed by atoms with E-state index in [2.05, 4.69) is 12.2 Å². The third-order valence-corrected chi connectivity index (χ3v) is 4.82. The molecule has 1 heterocycles.